The Morgan fingerprint density at radius 1 is 1.00 bits per heavy atom. The van der Waals surface area contributed by atoms with Crippen molar-refractivity contribution in [3.63, 3.8) is 0 Å². The van der Waals surface area contributed by atoms with Crippen LogP contribution in [-0.2, 0) is 0 Å². The molecule has 1 rings (SSSR count). The van der Waals surface area contributed by atoms with Crippen LogP contribution in [0.1, 0.15) is 0 Å². The lowest BCUT2D eigenvalue weighted by molar-refractivity contribution is 1.57. The summed E-state index contributed by atoms with van der Waals surface area (Å²) < 4.78 is 0. The zero-order chi connectivity index (χ0) is 8.16. The van der Waals surface area contributed by atoms with Crippen molar-refractivity contribution >= 4 is 29.7 Å². The van der Waals surface area contributed by atoms with Gasteiger partial charge in [0.05, 0.1) is 0 Å². The van der Waals surface area contributed by atoms with Crippen LogP contribution >= 0.6 is 29.7 Å². The maximum Gasteiger partial charge on any atom is 0.144 e. The van der Waals surface area contributed by atoms with Gasteiger partial charge in [0.25, 0.3) is 0 Å². The van der Waals surface area contributed by atoms with E-state index >= 15 is 0 Å². The van der Waals surface area contributed by atoms with E-state index < -0.39 is 8.09 Å². The van der Waals surface area contributed by atoms with Crippen LogP contribution in [0, 0.1) is 21.3 Å². The molecule has 1 heterocycles. The first-order chi connectivity index (χ1) is 5.33. The van der Waals surface area contributed by atoms with Gasteiger partial charge in [-0.2, -0.15) is 10.5 Å². The molecule has 0 radical (unpaired) electrons. The van der Waals surface area contributed by atoms with Crippen LogP contribution in [-0.4, -0.2) is 0 Å². The van der Waals surface area contributed by atoms with E-state index in [0.717, 1.165) is 0 Å². The molecule has 0 aromatic heterocycles. The molecule has 0 aromatic rings. The number of allylic oxidation sites excluding steroid dienone is 2. The van der Waals surface area contributed by atoms with Crippen LogP contribution in [0.5, 0.6) is 0 Å². The van der Waals surface area contributed by atoms with Crippen LogP contribution in [0.4, 0.5) is 0 Å². The number of hydrogen-bond donors (Lipinski definition) is 0. The Morgan fingerprint density at radius 3 is 1.82 bits per heavy atom. The summed E-state index contributed by atoms with van der Waals surface area (Å²) in [7, 11) is 1.02. The summed E-state index contributed by atoms with van der Waals surface area (Å²) >= 11 is 0. The Morgan fingerprint density at radius 2 is 1.45 bits per heavy atom. The number of hydrogen-bond acceptors (Lipinski definition) is 4. The molecule has 0 aromatic carbocycles. The van der Waals surface area contributed by atoms with Gasteiger partial charge in [0, 0.05) is 21.6 Å². The minimum Gasteiger partial charge on any atom is -0.184 e. The lowest BCUT2D eigenvalue weighted by atomic mass is 10.6. The van der Waals surface area contributed by atoms with Gasteiger partial charge in [-0.1, -0.05) is 20.2 Å². The zero-order valence-electron chi connectivity index (χ0n) is 5.43. The summed E-state index contributed by atoms with van der Waals surface area (Å²) in [5.74, 6) is 0. The van der Waals surface area contributed by atoms with Crippen molar-refractivity contribution in [2.24, 2.45) is 0 Å². The van der Waals surface area contributed by atoms with Crippen molar-refractivity contribution in [2.75, 3.05) is 0 Å². The molecule has 0 fully saturated rings. The molecule has 11 heavy (non-hydrogen) atoms. The minimum absolute atomic E-state index is 1.17. The van der Waals surface area contributed by atoms with Gasteiger partial charge in [0.2, 0.25) is 0 Å². The van der Waals surface area contributed by atoms with Crippen LogP contribution in [0.25, 0.3) is 0 Å². The summed E-state index contributed by atoms with van der Waals surface area (Å²) in [5.41, 5.74) is 0. The Balaban J connectivity index is 2.75. The van der Waals surface area contributed by atoms with Crippen molar-refractivity contribution in [2.45, 2.75) is 0 Å². The molecule has 0 aliphatic carbocycles. The SMILES string of the molecule is N#CSS1(SC#N)C=CC=C1. The van der Waals surface area contributed by atoms with E-state index in [0.29, 0.717) is 0 Å². The van der Waals surface area contributed by atoms with Crippen LogP contribution in [0.3, 0.4) is 0 Å². The molecular formula is C6H4N2S3. The monoisotopic (exact) mass is 200 g/mol. The number of rotatable bonds is 2. The van der Waals surface area contributed by atoms with E-state index in [1.54, 1.807) is 0 Å². The Bertz CT molecular complexity index is 251. The Labute approximate surface area is 74.1 Å². The molecule has 2 nitrogen and oxygen atoms in total. The number of thiocyanates is 2. The van der Waals surface area contributed by atoms with Crippen molar-refractivity contribution in [3.8, 4) is 10.8 Å². The fraction of sp³-hybridized carbons (Fsp3) is 0. The summed E-state index contributed by atoms with van der Waals surface area (Å²) in [5, 5.41) is 24.8. The van der Waals surface area contributed by atoms with E-state index in [1.165, 1.54) is 21.6 Å². The molecular weight excluding hydrogens is 196 g/mol. The zero-order valence-corrected chi connectivity index (χ0v) is 7.88. The largest absolute Gasteiger partial charge is 0.184 e. The highest BCUT2D eigenvalue weighted by Gasteiger charge is 2.22. The van der Waals surface area contributed by atoms with Gasteiger partial charge >= 0.3 is 0 Å². The van der Waals surface area contributed by atoms with Gasteiger partial charge < -0.3 is 0 Å². The number of nitriles is 2. The van der Waals surface area contributed by atoms with Crippen LogP contribution < -0.4 is 0 Å². The topological polar surface area (TPSA) is 47.6 Å². The van der Waals surface area contributed by atoms with Crippen LogP contribution in [0.15, 0.2) is 23.0 Å². The van der Waals surface area contributed by atoms with Crippen molar-refractivity contribution < 1.29 is 0 Å². The first kappa shape index (κ1) is 8.61. The van der Waals surface area contributed by atoms with E-state index in [-0.39, 0.29) is 0 Å². The van der Waals surface area contributed by atoms with E-state index in [2.05, 4.69) is 0 Å². The standard InChI is InChI=1S/C6H4N2S3/c7-5-9-11(10-6-8)3-1-2-4-11/h1-4H. The minimum atomic E-state index is -1.31. The predicted molar refractivity (Wildman–Crippen MR) is 52.3 cm³/mol. The quantitative estimate of drug-likeness (QED) is 0.507. The summed E-state index contributed by atoms with van der Waals surface area (Å²) in [6.45, 7) is 0. The smallest absolute Gasteiger partial charge is 0.144 e. The van der Waals surface area contributed by atoms with E-state index in [9.17, 15) is 0 Å². The van der Waals surface area contributed by atoms with Gasteiger partial charge in [-0.25, -0.2) is 0 Å². The summed E-state index contributed by atoms with van der Waals surface area (Å²) in [6.07, 6.45) is 3.76. The predicted octanol–water partition coefficient (Wildman–Crippen LogP) is 3.09. The van der Waals surface area contributed by atoms with E-state index in [1.807, 2.05) is 33.8 Å². The second-order valence-corrected chi connectivity index (χ2v) is 8.96. The van der Waals surface area contributed by atoms with Crippen molar-refractivity contribution in [1.82, 2.24) is 0 Å². The average Bonchev–Trinajstić information content (AvgIpc) is 2.39. The molecule has 5 heteroatoms. The van der Waals surface area contributed by atoms with Crippen molar-refractivity contribution in [3.05, 3.63) is 23.0 Å². The van der Waals surface area contributed by atoms with Crippen LogP contribution in [0.2, 0.25) is 0 Å². The summed E-state index contributed by atoms with van der Waals surface area (Å²) in [6, 6.07) is 0. The average molecular weight is 200 g/mol. The molecule has 56 valence electrons. The molecule has 0 atom stereocenters. The fourth-order valence-electron chi connectivity index (χ4n) is 0.600. The summed E-state index contributed by atoms with van der Waals surface area (Å²) in [4.78, 5) is 0. The molecule has 1 aliphatic rings. The van der Waals surface area contributed by atoms with Crippen molar-refractivity contribution in [1.29, 1.82) is 10.5 Å². The van der Waals surface area contributed by atoms with Gasteiger partial charge in [0.1, 0.15) is 10.8 Å². The normalized spacial score (nSPS) is 20.5. The maximum absolute atomic E-state index is 8.46. The molecule has 0 bridgehead atoms. The van der Waals surface area contributed by atoms with Gasteiger partial charge in [-0.3, -0.25) is 0 Å². The molecule has 0 amide bonds. The number of nitrogens with zero attached hydrogens (tertiary/aromatic N) is 2. The van der Waals surface area contributed by atoms with Gasteiger partial charge in [0.15, 0.2) is 0 Å². The van der Waals surface area contributed by atoms with Gasteiger partial charge in [-0.05, 0) is 10.8 Å². The molecule has 0 saturated carbocycles. The highest BCUT2D eigenvalue weighted by atomic mass is 33.6. The lowest BCUT2D eigenvalue weighted by Gasteiger charge is -2.20. The third-order valence-corrected chi connectivity index (χ3v) is 7.29. The molecule has 0 spiro atoms. The Hall–Kier alpha value is -0.490. The van der Waals surface area contributed by atoms with Gasteiger partial charge in [-0.15, -0.1) is 0 Å². The molecule has 0 N–H and O–H groups in total. The lowest BCUT2D eigenvalue weighted by Crippen LogP contribution is -1.71. The molecule has 1 aliphatic heterocycles. The maximum atomic E-state index is 8.46. The first-order valence-electron chi connectivity index (χ1n) is 2.66. The Kier molecular flexibility index (Phi) is 2.95. The third kappa shape index (κ3) is 1.97. The first-order valence-corrected chi connectivity index (χ1v) is 7.09. The third-order valence-electron chi connectivity index (χ3n) is 0.983. The fourth-order valence-corrected chi connectivity index (χ4v) is 4.89. The highest BCUT2D eigenvalue weighted by Crippen LogP contribution is 2.73. The second-order valence-electron chi connectivity index (χ2n) is 1.60. The molecule has 0 unspecified atom stereocenters. The second kappa shape index (κ2) is 3.77. The van der Waals surface area contributed by atoms with E-state index in [4.69, 9.17) is 10.5 Å². The molecule has 0 saturated heterocycles. The highest BCUT2D eigenvalue weighted by molar-refractivity contribution is 9.28.